The fourth-order valence-corrected chi connectivity index (χ4v) is 3.90. The van der Waals surface area contributed by atoms with Crippen LogP contribution in [0.15, 0.2) is 36.4 Å². The summed E-state index contributed by atoms with van der Waals surface area (Å²) in [7, 11) is 0. The Bertz CT molecular complexity index is 609. The molecule has 0 unspecified atom stereocenters. The van der Waals surface area contributed by atoms with E-state index in [9.17, 15) is 4.79 Å². The minimum atomic E-state index is 0.216. The second kappa shape index (κ2) is 6.44. The Morgan fingerprint density at radius 2 is 1.71 bits per heavy atom. The van der Waals surface area contributed by atoms with E-state index in [1.54, 1.807) is 11.3 Å². The number of hydrogen-bond donors (Lipinski definition) is 0. The molecule has 1 fully saturated rings. The van der Waals surface area contributed by atoms with Crippen LogP contribution in [-0.4, -0.2) is 23.9 Å². The second-order valence-electron chi connectivity index (χ2n) is 5.65. The molecule has 1 saturated heterocycles. The summed E-state index contributed by atoms with van der Waals surface area (Å²) in [4.78, 5) is 17.1. The van der Waals surface area contributed by atoms with Crippen LogP contribution in [0.4, 0.5) is 0 Å². The number of hydrogen-bond acceptors (Lipinski definition) is 2. The Balaban J connectivity index is 1.85. The summed E-state index contributed by atoms with van der Waals surface area (Å²) in [6.45, 7) is 3.88. The van der Waals surface area contributed by atoms with Gasteiger partial charge in [0.2, 0.25) is 0 Å². The van der Waals surface area contributed by atoms with Gasteiger partial charge in [0.1, 0.15) is 0 Å². The second-order valence-corrected chi connectivity index (χ2v) is 6.91. The smallest absolute Gasteiger partial charge is 0.254 e. The molecule has 0 aliphatic carbocycles. The number of carbonyl (C=O) groups excluding carboxylic acids is 1. The first kappa shape index (κ1) is 14.3. The van der Waals surface area contributed by atoms with Crippen molar-refractivity contribution in [1.82, 2.24) is 4.90 Å². The van der Waals surface area contributed by atoms with E-state index in [1.807, 2.05) is 23.1 Å². The first-order chi connectivity index (χ1) is 10.3. The average molecular weight is 299 g/mol. The molecule has 0 saturated carbocycles. The van der Waals surface area contributed by atoms with Gasteiger partial charge in [-0.2, -0.15) is 0 Å². The van der Waals surface area contributed by atoms with Crippen LogP contribution >= 0.6 is 11.3 Å². The number of amides is 1. The highest BCUT2D eigenvalue weighted by Gasteiger charge is 2.21. The van der Waals surface area contributed by atoms with Crippen molar-refractivity contribution in [3.05, 3.63) is 46.8 Å². The summed E-state index contributed by atoms with van der Waals surface area (Å²) >= 11 is 1.72. The number of benzene rings is 1. The highest BCUT2D eigenvalue weighted by Crippen LogP contribution is 2.32. The van der Waals surface area contributed by atoms with Gasteiger partial charge in [-0.15, -0.1) is 11.3 Å². The Morgan fingerprint density at radius 3 is 2.38 bits per heavy atom. The molecule has 21 heavy (non-hydrogen) atoms. The maximum Gasteiger partial charge on any atom is 0.254 e. The standard InChI is InChI=1S/C18H21NOS/c1-14-16(18(20)19-11-7-2-3-8-12-19)13-17(21-14)15-9-5-4-6-10-15/h4-6,9-10,13H,2-3,7-8,11-12H2,1H3. The minimum absolute atomic E-state index is 0.216. The van der Waals surface area contributed by atoms with Crippen LogP contribution in [-0.2, 0) is 0 Å². The molecule has 1 aromatic heterocycles. The van der Waals surface area contributed by atoms with E-state index < -0.39 is 0 Å². The van der Waals surface area contributed by atoms with Gasteiger partial charge in [-0.1, -0.05) is 43.2 Å². The minimum Gasteiger partial charge on any atom is -0.339 e. The first-order valence-electron chi connectivity index (χ1n) is 7.71. The van der Waals surface area contributed by atoms with Crippen molar-refractivity contribution < 1.29 is 4.79 Å². The molecule has 2 heterocycles. The highest BCUT2D eigenvalue weighted by molar-refractivity contribution is 7.15. The van der Waals surface area contributed by atoms with E-state index in [0.29, 0.717) is 0 Å². The lowest BCUT2D eigenvalue weighted by molar-refractivity contribution is 0.0761. The molecule has 0 radical (unpaired) electrons. The summed E-state index contributed by atoms with van der Waals surface area (Å²) in [5.41, 5.74) is 2.08. The largest absolute Gasteiger partial charge is 0.339 e. The Hall–Kier alpha value is -1.61. The molecule has 0 atom stereocenters. The lowest BCUT2D eigenvalue weighted by atomic mass is 10.1. The fourth-order valence-electron chi connectivity index (χ4n) is 2.88. The van der Waals surface area contributed by atoms with Crippen LogP contribution in [0.5, 0.6) is 0 Å². The van der Waals surface area contributed by atoms with Gasteiger partial charge in [0.25, 0.3) is 5.91 Å². The van der Waals surface area contributed by atoms with E-state index in [0.717, 1.165) is 36.4 Å². The highest BCUT2D eigenvalue weighted by atomic mass is 32.1. The van der Waals surface area contributed by atoms with Crippen LogP contribution < -0.4 is 0 Å². The summed E-state index contributed by atoms with van der Waals surface area (Å²) in [6.07, 6.45) is 4.78. The third kappa shape index (κ3) is 3.18. The fraction of sp³-hybridized carbons (Fsp3) is 0.389. The lowest BCUT2D eigenvalue weighted by Gasteiger charge is -2.20. The van der Waals surface area contributed by atoms with Gasteiger partial charge in [0, 0.05) is 22.8 Å². The maximum atomic E-state index is 12.8. The SMILES string of the molecule is Cc1sc(-c2ccccc2)cc1C(=O)N1CCCCCC1. The normalized spacial score (nSPS) is 15.8. The topological polar surface area (TPSA) is 20.3 Å². The Morgan fingerprint density at radius 1 is 1.05 bits per heavy atom. The van der Waals surface area contributed by atoms with Gasteiger partial charge in [-0.25, -0.2) is 0 Å². The summed E-state index contributed by atoms with van der Waals surface area (Å²) in [5.74, 6) is 0.216. The van der Waals surface area contributed by atoms with Crippen LogP contribution in [0.25, 0.3) is 10.4 Å². The van der Waals surface area contributed by atoms with E-state index in [-0.39, 0.29) is 5.91 Å². The number of thiophene rings is 1. The Labute approximate surface area is 130 Å². The van der Waals surface area contributed by atoms with Crippen LogP contribution in [0, 0.1) is 6.92 Å². The van der Waals surface area contributed by atoms with Gasteiger partial charge in [-0.05, 0) is 31.4 Å². The molecule has 110 valence electrons. The molecule has 2 aromatic rings. The zero-order valence-electron chi connectivity index (χ0n) is 12.5. The van der Waals surface area contributed by atoms with E-state index in [4.69, 9.17) is 0 Å². The third-order valence-electron chi connectivity index (χ3n) is 4.10. The van der Waals surface area contributed by atoms with E-state index in [1.165, 1.54) is 23.3 Å². The van der Waals surface area contributed by atoms with Gasteiger partial charge in [-0.3, -0.25) is 4.79 Å². The molecule has 1 aromatic carbocycles. The van der Waals surface area contributed by atoms with E-state index >= 15 is 0 Å². The van der Waals surface area contributed by atoms with Gasteiger partial charge in [0.15, 0.2) is 0 Å². The molecule has 1 amide bonds. The number of likely N-dealkylation sites (tertiary alicyclic amines) is 1. The van der Waals surface area contributed by atoms with Crippen LogP contribution in [0.3, 0.4) is 0 Å². The molecule has 1 aliphatic heterocycles. The molecule has 0 N–H and O–H groups in total. The molecule has 0 bridgehead atoms. The van der Waals surface area contributed by atoms with Gasteiger partial charge >= 0.3 is 0 Å². The van der Waals surface area contributed by atoms with Gasteiger partial charge in [0.05, 0.1) is 5.56 Å². The molecule has 3 rings (SSSR count). The summed E-state index contributed by atoms with van der Waals surface area (Å²) in [5, 5.41) is 0. The summed E-state index contributed by atoms with van der Waals surface area (Å²) < 4.78 is 0. The van der Waals surface area contributed by atoms with Crippen molar-refractivity contribution in [3.8, 4) is 10.4 Å². The Kier molecular flexibility index (Phi) is 4.39. The van der Waals surface area contributed by atoms with Crippen LogP contribution in [0.1, 0.15) is 40.9 Å². The number of nitrogens with zero attached hydrogens (tertiary/aromatic N) is 1. The van der Waals surface area contributed by atoms with Gasteiger partial charge < -0.3 is 4.90 Å². The number of aryl methyl sites for hydroxylation is 1. The van der Waals surface area contributed by atoms with Crippen LogP contribution in [0.2, 0.25) is 0 Å². The molecule has 0 spiro atoms. The summed E-state index contributed by atoms with van der Waals surface area (Å²) in [6, 6.07) is 12.4. The lowest BCUT2D eigenvalue weighted by Crippen LogP contribution is -2.31. The molecular weight excluding hydrogens is 278 g/mol. The van der Waals surface area contributed by atoms with E-state index in [2.05, 4.69) is 25.1 Å². The number of carbonyl (C=O) groups is 1. The van der Waals surface area contributed by atoms with Crippen molar-refractivity contribution in [1.29, 1.82) is 0 Å². The maximum absolute atomic E-state index is 12.8. The van der Waals surface area contributed by atoms with Crippen molar-refractivity contribution in [2.45, 2.75) is 32.6 Å². The molecule has 2 nitrogen and oxygen atoms in total. The predicted octanol–water partition coefficient (Wildman–Crippen LogP) is 4.74. The quantitative estimate of drug-likeness (QED) is 0.784. The molecule has 1 aliphatic rings. The van der Waals surface area contributed by atoms with Crippen molar-refractivity contribution >= 4 is 17.2 Å². The molecule has 3 heteroatoms. The third-order valence-corrected chi connectivity index (χ3v) is 5.20. The first-order valence-corrected chi connectivity index (χ1v) is 8.52. The number of rotatable bonds is 2. The average Bonchev–Trinajstić information content (AvgIpc) is 2.74. The zero-order chi connectivity index (χ0) is 14.7. The molecular formula is C18H21NOS. The predicted molar refractivity (Wildman–Crippen MR) is 88.9 cm³/mol. The van der Waals surface area contributed by atoms with Crippen molar-refractivity contribution in [2.75, 3.05) is 13.1 Å². The monoisotopic (exact) mass is 299 g/mol. The zero-order valence-corrected chi connectivity index (χ0v) is 13.3. The van der Waals surface area contributed by atoms with Crippen molar-refractivity contribution in [3.63, 3.8) is 0 Å². The van der Waals surface area contributed by atoms with Crippen molar-refractivity contribution in [2.24, 2.45) is 0 Å².